The van der Waals surface area contributed by atoms with Crippen molar-refractivity contribution in [1.29, 1.82) is 0 Å². The van der Waals surface area contributed by atoms with Crippen LogP contribution in [0.3, 0.4) is 0 Å². The predicted octanol–water partition coefficient (Wildman–Crippen LogP) is 3.05. The normalized spacial score (nSPS) is 12.1. The zero-order valence-electron chi connectivity index (χ0n) is 17.2. The molecule has 2 heterocycles. The van der Waals surface area contributed by atoms with E-state index in [-0.39, 0.29) is 24.1 Å². The Bertz CT molecular complexity index is 1270. The largest absolute Gasteiger partial charge is 0.348 e. The number of rotatable bonds is 5. The van der Waals surface area contributed by atoms with Crippen LogP contribution in [0.4, 0.5) is 0 Å². The highest BCUT2D eigenvalue weighted by Gasteiger charge is 2.15. The molecule has 1 atom stereocenters. The van der Waals surface area contributed by atoms with E-state index in [9.17, 15) is 9.59 Å². The van der Waals surface area contributed by atoms with Crippen molar-refractivity contribution in [3.05, 3.63) is 88.0 Å². The van der Waals surface area contributed by atoms with E-state index in [1.165, 1.54) is 10.8 Å². The lowest BCUT2D eigenvalue weighted by Crippen LogP contribution is -2.35. The van der Waals surface area contributed by atoms with Crippen LogP contribution in [-0.2, 0) is 11.3 Å². The summed E-state index contributed by atoms with van der Waals surface area (Å²) in [7, 11) is 0. The van der Waals surface area contributed by atoms with Crippen LogP contribution >= 0.6 is 0 Å². The monoisotopic (exact) mass is 401 g/mol. The lowest BCUT2D eigenvalue weighted by Gasteiger charge is -2.14. The Kier molecular flexibility index (Phi) is 5.18. The summed E-state index contributed by atoms with van der Waals surface area (Å²) in [6.45, 7) is 5.77. The molecule has 152 valence electrons. The Morgan fingerprint density at radius 1 is 1.10 bits per heavy atom. The summed E-state index contributed by atoms with van der Waals surface area (Å²) >= 11 is 0. The topological polar surface area (TPSA) is 81.3 Å². The lowest BCUT2D eigenvalue weighted by molar-refractivity contribution is -0.122. The zero-order chi connectivity index (χ0) is 21.3. The van der Waals surface area contributed by atoms with E-state index in [1.54, 1.807) is 6.07 Å². The van der Waals surface area contributed by atoms with Gasteiger partial charge in [-0.2, -0.15) is 10.2 Å². The molecule has 7 heteroatoms. The van der Waals surface area contributed by atoms with Gasteiger partial charge in [0.1, 0.15) is 18.4 Å². The first-order valence-corrected chi connectivity index (χ1v) is 9.80. The second kappa shape index (κ2) is 7.94. The molecule has 7 nitrogen and oxygen atoms in total. The third-order valence-electron chi connectivity index (χ3n) is 5.13. The van der Waals surface area contributed by atoms with Gasteiger partial charge < -0.3 is 5.32 Å². The van der Waals surface area contributed by atoms with E-state index in [4.69, 9.17) is 0 Å². The smallest absolute Gasteiger partial charge is 0.293 e. The highest BCUT2D eigenvalue weighted by Crippen LogP contribution is 2.23. The van der Waals surface area contributed by atoms with Crippen molar-refractivity contribution in [1.82, 2.24) is 24.7 Å². The summed E-state index contributed by atoms with van der Waals surface area (Å²) in [6.07, 6.45) is 1.46. The Morgan fingerprint density at radius 2 is 1.87 bits per heavy atom. The molecule has 0 aliphatic heterocycles. The molecule has 1 N–H and O–H groups in total. The molecule has 2 aromatic carbocycles. The summed E-state index contributed by atoms with van der Waals surface area (Å²) < 4.78 is 2.62. The number of hydrogen-bond donors (Lipinski definition) is 1. The number of fused-ring (bicyclic) bond motifs is 1. The maximum atomic E-state index is 12.9. The minimum absolute atomic E-state index is 0.156. The van der Waals surface area contributed by atoms with Gasteiger partial charge in [-0.15, -0.1) is 0 Å². The quantitative estimate of drug-likeness (QED) is 0.557. The van der Waals surface area contributed by atoms with Gasteiger partial charge in [0.25, 0.3) is 5.56 Å². The van der Waals surface area contributed by atoms with Gasteiger partial charge in [-0.3, -0.25) is 9.59 Å². The van der Waals surface area contributed by atoms with Gasteiger partial charge >= 0.3 is 0 Å². The maximum Gasteiger partial charge on any atom is 0.293 e. The molecule has 0 unspecified atom stereocenters. The van der Waals surface area contributed by atoms with Crippen molar-refractivity contribution in [2.24, 2.45) is 0 Å². The van der Waals surface area contributed by atoms with Gasteiger partial charge in [-0.25, -0.2) is 9.20 Å². The number of nitrogens with zero attached hydrogens (tertiary/aromatic N) is 4. The first kappa shape index (κ1) is 19.6. The molecule has 0 aliphatic carbocycles. The maximum absolute atomic E-state index is 12.9. The fourth-order valence-corrected chi connectivity index (χ4v) is 3.44. The fraction of sp³-hybridized carbons (Fsp3) is 0.217. The Balaban J connectivity index is 1.58. The third-order valence-corrected chi connectivity index (χ3v) is 5.13. The SMILES string of the molecule is Cc1ccc(C)c(-c2cc3c(=O)n(CC(=O)N[C@H](C)c4ccccc4)ncn3n2)c1. The highest BCUT2D eigenvalue weighted by atomic mass is 16.2. The summed E-state index contributed by atoms with van der Waals surface area (Å²) in [5, 5.41) is 11.5. The molecule has 2 aromatic heterocycles. The van der Waals surface area contributed by atoms with Crippen molar-refractivity contribution in [2.45, 2.75) is 33.4 Å². The minimum Gasteiger partial charge on any atom is -0.348 e. The van der Waals surface area contributed by atoms with Gasteiger partial charge in [-0.1, -0.05) is 48.0 Å². The van der Waals surface area contributed by atoms with E-state index in [2.05, 4.69) is 15.5 Å². The highest BCUT2D eigenvalue weighted by molar-refractivity contribution is 5.76. The molecule has 4 rings (SSSR count). The number of hydrogen-bond acceptors (Lipinski definition) is 4. The van der Waals surface area contributed by atoms with Crippen LogP contribution in [0.2, 0.25) is 0 Å². The zero-order valence-corrected chi connectivity index (χ0v) is 17.2. The van der Waals surface area contributed by atoms with Crippen molar-refractivity contribution >= 4 is 11.4 Å². The van der Waals surface area contributed by atoms with E-state index in [0.29, 0.717) is 11.2 Å². The second-order valence-electron chi connectivity index (χ2n) is 7.47. The molecule has 0 spiro atoms. The van der Waals surface area contributed by atoms with Crippen LogP contribution in [0.25, 0.3) is 16.8 Å². The molecular weight excluding hydrogens is 378 g/mol. The molecule has 0 fully saturated rings. The van der Waals surface area contributed by atoms with Gasteiger partial charge in [0.05, 0.1) is 11.7 Å². The van der Waals surface area contributed by atoms with Gasteiger partial charge in [0.2, 0.25) is 5.91 Å². The standard InChI is InChI=1S/C23H23N5O2/c1-15-9-10-16(2)19(11-15)20-12-21-23(30)27(24-14-28(21)26-20)13-22(29)25-17(3)18-7-5-4-6-8-18/h4-12,14,17H,13H2,1-3H3,(H,25,29)/t17-/m1/s1. The van der Waals surface area contributed by atoms with Crippen LogP contribution in [-0.4, -0.2) is 25.3 Å². The van der Waals surface area contributed by atoms with E-state index < -0.39 is 0 Å². The molecule has 0 aliphatic rings. The molecule has 0 saturated carbocycles. The van der Waals surface area contributed by atoms with Gasteiger partial charge in [0.15, 0.2) is 0 Å². The molecule has 0 saturated heterocycles. The van der Waals surface area contributed by atoms with Gasteiger partial charge in [0, 0.05) is 5.56 Å². The van der Waals surface area contributed by atoms with Crippen molar-refractivity contribution in [3.8, 4) is 11.3 Å². The first-order valence-electron chi connectivity index (χ1n) is 9.80. The average molecular weight is 401 g/mol. The van der Waals surface area contributed by atoms with Crippen molar-refractivity contribution in [2.75, 3.05) is 0 Å². The molecule has 0 radical (unpaired) electrons. The Hall–Kier alpha value is -3.74. The fourth-order valence-electron chi connectivity index (χ4n) is 3.44. The second-order valence-corrected chi connectivity index (χ2v) is 7.47. The predicted molar refractivity (Wildman–Crippen MR) is 115 cm³/mol. The molecule has 30 heavy (non-hydrogen) atoms. The summed E-state index contributed by atoms with van der Waals surface area (Å²) in [5.41, 5.74) is 4.89. The number of benzene rings is 2. The Morgan fingerprint density at radius 3 is 2.63 bits per heavy atom. The van der Waals surface area contributed by atoms with E-state index in [1.807, 2.05) is 69.3 Å². The summed E-state index contributed by atoms with van der Waals surface area (Å²) in [5.74, 6) is -0.278. The summed E-state index contributed by atoms with van der Waals surface area (Å²) in [6, 6.07) is 17.4. The lowest BCUT2D eigenvalue weighted by atomic mass is 10.0. The third kappa shape index (κ3) is 3.87. The van der Waals surface area contributed by atoms with Crippen LogP contribution in [0, 0.1) is 13.8 Å². The average Bonchev–Trinajstić information content (AvgIpc) is 3.17. The number of aryl methyl sites for hydroxylation is 2. The van der Waals surface area contributed by atoms with Crippen molar-refractivity contribution in [3.63, 3.8) is 0 Å². The minimum atomic E-state index is -0.357. The van der Waals surface area contributed by atoms with Crippen LogP contribution in [0.1, 0.15) is 29.7 Å². The van der Waals surface area contributed by atoms with Crippen LogP contribution < -0.4 is 10.9 Å². The molecule has 0 bridgehead atoms. The molecule has 4 aromatic rings. The number of carbonyl (C=O) groups excluding carboxylic acids is 1. The summed E-state index contributed by atoms with van der Waals surface area (Å²) in [4.78, 5) is 25.3. The van der Waals surface area contributed by atoms with E-state index >= 15 is 0 Å². The van der Waals surface area contributed by atoms with Crippen molar-refractivity contribution < 1.29 is 4.79 Å². The van der Waals surface area contributed by atoms with Crippen LogP contribution in [0.15, 0.2) is 65.7 Å². The number of nitrogens with one attached hydrogen (secondary N) is 1. The number of aromatic nitrogens is 4. The first-order chi connectivity index (χ1) is 14.4. The van der Waals surface area contributed by atoms with E-state index in [0.717, 1.165) is 26.9 Å². The number of carbonyl (C=O) groups is 1. The van der Waals surface area contributed by atoms with Gasteiger partial charge in [-0.05, 0) is 44.0 Å². The number of amides is 1. The molecule has 1 amide bonds. The Labute approximate surface area is 174 Å². The molecular formula is C23H23N5O2. The van der Waals surface area contributed by atoms with Crippen LogP contribution in [0.5, 0.6) is 0 Å².